The Kier molecular flexibility index (Phi) is 6.30. The van der Waals surface area contributed by atoms with Crippen LogP contribution in [0.3, 0.4) is 0 Å². The van der Waals surface area contributed by atoms with Crippen LogP contribution in [0.15, 0.2) is 23.3 Å². The second-order valence-electron chi connectivity index (χ2n) is 6.61. The highest BCUT2D eigenvalue weighted by Crippen LogP contribution is 2.28. The van der Waals surface area contributed by atoms with E-state index in [-0.39, 0.29) is 6.04 Å². The topological polar surface area (TPSA) is 72.8 Å². The number of anilines is 1. The molecule has 3 heterocycles. The Morgan fingerprint density at radius 3 is 3.20 bits per heavy atom. The largest absolute Gasteiger partial charge is 0.387 e. The van der Waals surface area contributed by atoms with Gasteiger partial charge >= 0.3 is 0 Å². The quantitative estimate of drug-likeness (QED) is 0.531. The molecular formula is C17H26ClN5OS. The van der Waals surface area contributed by atoms with E-state index in [4.69, 9.17) is 11.6 Å². The average Bonchev–Trinajstić information content (AvgIpc) is 3.23. The van der Waals surface area contributed by atoms with Crippen LogP contribution in [0.2, 0.25) is 5.02 Å². The summed E-state index contributed by atoms with van der Waals surface area (Å²) >= 11 is 8.05. The lowest BCUT2D eigenvalue weighted by Gasteiger charge is -2.22. The Bertz CT molecular complexity index is 608. The fourth-order valence-corrected chi connectivity index (χ4v) is 4.67. The molecule has 25 heavy (non-hydrogen) atoms. The number of rotatable bonds is 5. The number of hydrogen-bond acceptors (Lipinski definition) is 5. The second-order valence-corrected chi connectivity index (χ2v) is 8.12. The summed E-state index contributed by atoms with van der Waals surface area (Å²) in [6.45, 7) is 5.03. The van der Waals surface area contributed by atoms with Crippen LogP contribution in [0.1, 0.15) is 19.8 Å². The molecule has 2 saturated heterocycles. The lowest BCUT2D eigenvalue weighted by molar-refractivity contribution is 0.0778. The highest BCUT2D eigenvalue weighted by molar-refractivity contribution is 7.99. The van der Waals surface area contributed by atoms with Gasteiger partial charge < -0.3 is 20.6 Å². The molecule has 2 unspecified atom stereocenters. The van der Waals surface area contributed by atoms with Gasteiger partial charge in [0, 0.05) is 37.6 Å². The molecule has 0 spiro atoms. The van der Waals surface area contributed by atoms with Crippen LogP contribution >= 0.6 is 23.4 Å². The summed E-state index contributed by atoms with van der Waals surface area (Å²) in [6.07, 6.45) is 3.58. The number of hydrogen-bond donors (Lipinski definition) is 3. The van der Waals surface area contributed by atoms with Crippen molar-refractivity contribution in [2.45, 2.75) is 31.4 Å². The van der Waals surface area contributed by atoms with E-state index >= 15 is 0 Å². The van der Waals surface area contributed by atoms with Crippen molar-refractivity contribution in [1.82, 2.24) is 15.6 Å². The molecular weight excluding hydrogens is 358 g/mol. The van der Waals surface area contributed by atoms with Crippen molar-refractivity contribution in [3.05, 3.63) is 23.4 Å². The standard InChI is InChI=1S/C17H26ClN5OS/c1-2-19-16(21-11-17(24)6-9-25-12-17)22-13-5-8-23(10-13)15-14(18)4-3-7-20-15/h3-4,7,13,24H,2,5-6,8-12H2,1H3,(H2,19,21,22). The highest BCUT2D eigenvalue weighted by atomic mass is 35.5. The predicted molar refractivity (Wildman–Crippen MR) is 106 cm³/mol. The first kappa shape index (κ1) is 18.6. The van der Waals surface area contributed by atoms with Gasteiger partial charge in [0.05, 0.1) is 17.2 Å². The van der Waals surface area contributed by atoms with E-state index < -0.39 is 5.60 Å². The number of aliphatic hydroxyl groups is 1. The SMILES string of the molecule is CCNC(=NCC1(O)CCSC1)NC1CCN(c2ncccc2Cl)C1. The lowest BCUT2D eigenvalue weighted by Crippen LogP contribution is -2.45. The molecule has 0 saturated carbocycles. The zero-order chi connectivity index (χ0) is 17.7. The van der Waals surface area contributed by atoms with Gasteiger partial charge in [-0.15, -0.1) is 0 Å². The summed E-state index contributed by atoms with van der Waals surface area (Å²) in [5.74, 6) is 3.39. The monoisotopic (exact) mass is 383 g/mol. The Labute approximate surface area is 158 Å². The molecule has 2 atom stereocenters. The fraction of sp³-hybridized carbons (Fsp3) is 0.647. The first-order chi connectivity index (χ1) is 12.1. The van der Waals surface area contributed by atoms with Gasteiger partial charge in [0.25, 0.3) is 0 Å². The Hall–Kier alpha value is -1.18. The number of halogens is 1. The summed E-state index contributed by atoms with van der Waals surface area (Å²) in [6, 6.07) is 4.00. The minimum Gasteiger partial charge on any atom is -0.387 e. The number of thioether (sulfide) groups is 1. The molecule has 2 fully saturated rings. The zero-order valence-corrected chi connectivity index (χ0v) is 16.1. The first-order valence-corrected chi connectivity index (χ1v) is 10.3. The summed E-state index contributed by atoms with van der Waals surface area (Å²) < 4.78 is 0. The van der Waals surface area contributed by atoms with Crippen molar-refractivity contribution in [3.8, 4) is 0 Å². The third-order valence-electron chi connectivity index (χ3n) is 4.53. The van der Waals surface area contributed by atoms with E-state index in [0.29, 0.717) is 11.6 Å². The number of aromatic nitrogens is 1. The number of nitrogens with zero attached hydrogens (tertiary/aromatic N) is 3. The number of pyridine rings is 1. The van der Waals surface area contributed by atoms with E-state index in [9.17, 15) is 5.11 Å². The van der Waals surface area contributed by atoms with Gasteiger partial charge in [-0.25, -0.2) is 4.98 Å². The highest BCUT2D eigenvalue weighted by Gasteiger charge is 2.32. The second kappa shape index (κ2) is 8.47. The van der Waals surface area contributed by atoms with Crippen LogP contribution < -0.4 is 15.5 Å². The molecule has 0 radical (unpaired) electrons. The Morgan fingerprint density at radius 2 is 2.48 bits per heavy atom. The van der Waals surface area contributed by atoms with Crippen molar-refractivity contribution in [2.24, 2.45) is 4.99 Å². The summed E-state index contributed by atoms with van der Waals surface area (Å²) in [4.78, 5) is 11.2. The van der Waals surface area contributed by atoms with E-state index in [2.05, 4.69) is 25.5 Å². The maximum absolute atomic E-state index is 10.5. The van der Waals surface area contributed by atoms with Gasteiger partial charge in [-0.1, -0.05) is 11.6 Å². The van der Waals surface area contributed by atoms with Crippen LogP contribution in [-0.4, -0.2) is 65.4 Å². The fourth-order valence-electron chi connectivity index (χ4n) is 3.14. The van der Waals surface area contributed by atoms with Crippen LogP contribution in [0.4, 0.5) is 5.82 Å². The maximum Gasteiger partial charge on any atom is 0.191 e. The maximum atomic E-state index is 10.5. The minimum absolute atomic E-state index is 0.281. The lowest BCUT2D eigenvalue weighted by atomic mass is 10.1. The molecule has 0 aromatic carbocycles. The third-order valence-corrected chi connectivity index (χ3v) is 6.06. The average molecular weight is 384 g/mol. The summed E-state index contributed by atoms with van der Waals surface area (Å²) in [5, 5.41) is 17.9. The molecule has 3 N–H and O–H groups in total. The molecule has 0 aliphatic carbocycles. The van der Waals surface area contributed by atoms with Gasteiger partial charge in [0.2, 0.25) is 0 Å². The molecule has 8 heteroatoms. The Morgan fingerprint density at radius 1 is 1.60 bits per heavy atom. The van der Waals surface area contributed by atoms with Gasteiger partial charge in [0.15, 0.2) is 5.96 Å². The van der Waals surface area contributed by atoms with Crippen LogP contribution in [0.5, 0.6) is 0 Å². The van der Waals surface area contributed by atoms with E-state index in [1.54, 1.807) is 18.0 Å². The molecule has 1 aromatic heterocycles. The Balaban J connectivity index is 1.58. The van der Waals surface area contributed by atoms with Crippen LogP contribution in [0.25, 0.3) is 0 Å². The van der Waals surface area contributed by atoms with E-state index in [1.807, 2.05) is 19.1 Å². The molecule has 0 amide bonds. The van der Waals surface area contributed by atoms with Gasteiger partial charge in [-0.2, -0.15) is 11.8 Å². The molecule has 0 bridgehead atoms. The summed E-state index contributed by atoms with van der Waals surface area (Å²) in [5.41, 5.74) is -0.657. The van der Waals surface area contributed by atoms with Crippen molar-refractivity contribution < 1.29 is 5.11 Å². The van der Waals surface area contributed by atoms with E-state index in [0.717, 1.165) is 55.8 Å². The van der Waals surface area contributed by atoms with Crippen molar-refractivity contribution in [1.29, 1.82) is 0 Å². The molecule has 6 nitrogen and oxygen atoms in total. The normalized spacial score (nSPS) is 26.9. The predicted octanol–water partition coefficient (Wildman–Crippen LogP) is 1.74. The smallest absolute Gasteiger partial charge is 0.191 e. The molecule has 2 aliphatic heterocycles. The van der Waals surface area contributed by atoms with Gasteiger partial charge in [-0.05, 0) is 37.7 Å². The van der Waals surface area contributed by atoms with Crippen molar-refractivity contribution in [3.63, 3.8) is 0 Å². The van der Waals surface area contributed by atoms with Crippen LogP contribution in [-0.2, 0) is 0 Å². The third kappa shape index (κ3) is 4.92. The molecule has 1 aromatic rings. The molecule has 2 aliphatic rings. The van der Waals surface area contributed by atoms with Gasteiger partial charge in [0.1, 0.15) is 5.82 Å². The first-order valence-electron chi connectivity index (χ1n) is 8.80. The van der Waals surface area contributed by atoms with E-state index in [1.165, 1.54) is 0 Å². The minimum atomic E-state index is -0.657. The van der Waals surface area contributed by atoms with Crippen molar-refractivity contribution >= 4 is 35.1 Å². The van der Waals surface area contributed by atoms with Gasteiger partial charge in [-0.3, -0.25) is 4.99 Å². The van der Waals surface area contributed by atoms with Crippen molar-refractivity contribution in [2.75, 3.05) is 42.6 Å². The molecule has 3 rings (SSSR count). The summed E-state index contributed by atoms with van der Waals surface area (Å²) in [7, 11) is 0. The number of nitrogens with one attached hydrogen (secondary N) is 2. The number of aliphatic imine (C=N–C) groups is 1. The van der Waals surface area contributed by atoms with Crippen LogP contribution in [0, 0.1) is 0 Å². The molecule has 138 valence electrons. The number of guanidine groups is 1. The zero-order valence-electron chi connectivity index (χ0n) is 14.5.